The van der Waals surface area contributed by atoms with Gasteiger partial charge < -0.3 is 148 Å². The summed E-state index contributed by atoms with van der Waals surface area (Å²) in [6.07, 6.45) is 0. The minimum absolute atomic E-state index is 0. The van der Waals surface area contributed by atoms with E-state index in [2.05, 4.69) is 0 Å². The Kier molecular flexibility index (Phi) is 3210. The minimum atomic E-state index is 0. The molecule has 0 spiro atoms. The van der Waals surface area contributed by atoms with Crippen LogP contribution in [0.3, 0.4) is 0 Å². The normalized spacial score (nSPS) is 4.66. The molecule has 58 heavy (non-hydrogen) atoms. The van der Waals surface area contributed by atoms with Crippen molar-refractivity contribution in [2.75, 3.05) is 99.1 Å². The highest BCUT2D eigenvalue weighted by Gasteiger charge is 1.38. The number of aliphatic hydroxyl groups is 15. The molecule has 0 aliphatic heterocycles. The van der Waals surface area contributed by atoms with Crippen LogP contribution >= 0.6 is 0 Å². The van der Waals surface area contributed by atoms with Crippen LogP contribution in [0.5, 0.6) is 0 Å². The summed E-state index contributed by atoms with van der Waals surface area (Å²) in [7, 11) is 0. The van der Waals surface area contributed by atoms with Crippen molar-refractivity contribution in [2.45, 2.75) is 104 Å². The number of hydrogen-bond acceptors (Lipinski definition) is 15. The zero-order valence-corrected chi connectivity index (χ0v) is 38.8. The third kappa shape index (κ3) is 127000. The summed E-state index contributed by atoms with van der Waals surface area (Å²) in [6.45, 7) is 29.0. The van der Waals surface area contributed by atoms with Gasteiger partial charge in [0.05, 0.1) is 0 Å². The van der Waals surface area contributed by atoms with E-state index in [4.69, 9.17) is 76.6 Å². The van der Waals surface area contributed by atoms with Gasteiger partial charge >= 0.3 is 0 Å². The van der Waals surface area contributed by atoms with Crippen LogP contribution < -0.4 is 0 Å². The fourth-order valence-corrected chi connectivity index (χ4v) is 0. The molecule has 0 amide bonds. The molecule has 0 aromatic rings. The lowest BCUT2D eigenvalue weighted by molar-refractivity contribution is 0.318. The van der Waals surface area contributed by atoms with E-state index in [1.54, 1.807) is 104 Å². The summed E-state index contributed by atoms with van der Waals surface area (Å²) >= 11 is 0. The van der Waals surface area contributed by atoms with Gasteiger partial charge in [0.2, 0.25) is 0 Å². The van der Waals surface area contributed by atoms with Gasteiger partial charge in [0.25, 0.3) is 0 Å². The Morgan fingerprint density at radius 1 is 0.121 bits per heavy atom. The molecule has 0 radical (unpaired) electrons. The Morgan fingerprint density at radius 3 is 0.121 bits per heavy atom. The summed E-state index contributed by atoms with van der Waals surface area (Å²) in [4.78, 5) is 0. The predicted molar refractivity (Wildman–Crippen MR) is 238 cm³/mol. The van der Waals surface area contributed by atoms with Gasteiger partial charge in [-0.05, 0) is 104 Å². The lowest BCUT2D eigenvalue weighted by Gasteiger charge is -1.52. The molecular weight excluding hydrogens is 808 g/mol. The van der Waals surface area contributed by atoms with Crippen molar-refractivity contribution in [3.63, 3.8) is 0 Å². The third-order valence-electron chi connectivity index (χ3n) is 0. The van der Waals surface area contributed by atoms with Crippen LogP contribution in [0.1, 0.15) is 104 Å². The zero-order valence-electron chi connectivity index (χ0n) is 38.8. The lowest BCUT2D eigenvalue weighted by atomic mass is 10.9. The maximum atomic E-state index is 7.57. The van der Waals surface area contributed by atoms with Crippen LogP contribution in [0.2, 0.25) is 0 Å². The Morgan fingerprint density at radius 2 is 0.121 bits per heavy atom. The molecule has 0 atom stereocenters. The average molecular weight is 925 g/mol. The number of hydrogen-bond donors (Lipinski definition) is 15. The quantitative estimate of drug-likeness (QED) is 0.107. The van der Waals surface area contributed by atoms with Crippen LogP contribution in [-0.4, -0.2) is 247 Å². The zero-order chi connectivity index (χ0) is 40.6. The molecule has 28 nitrogen and oxygen atoms in total. The fourth-order valence-electron chi connectivity index (χ4n) is 0. The third-order valence-corrected chi connectivity index (χ3v) is 0. The van der Waals surface area contributed by atoms with Gasteiger partial charge in [-0.25, -0.2) is 0 Å². The van der Waals surface area contributed by atoms with E-state index >= 15 is 0 Å². The summed E-state index contributed by atoms with van der Waals surface area (Å²) in [5, 5.41) is 114. The molecule has 28 heteroatoms. The monoisotopic (exact) mass is 925 g/mol. The SMILES string of the molecule is CCO.CCO.CCO.CCO.CCO.CCO.CCO.CCO.CCO.CCO.CCO.CCO.CCO.CCO.CCO.O.O.O.O.O.O.O.O.O.O.O.O.O. The van der Waals surface area contributed by atoms with Crippen molar-refractivity contribution < 1.29 is 148 Å². The smallest absolute Gasteiger partial charge is 0.0402 e. The topological polar surface area (TPSA) is 713 Å². The fraction of sp³-hybridized carbons (Fsp3) is 1.00. The lowest BCUT2D eigenvalue weighted by Crippen LogP contribution is -1.57. The van der Waals surface area contributed by atoms with Gasteiger partial charge in [-0.2, -0.15) is 0 Å². The second kappa shape index (κ2) is 874. The van der Waals surface area contributed by atoms with Crippen molar-refractivity contribution in [1.82, 2.24) is 0 Å². The van der Waals surface area contributed by atoms with E-state index in [0.717, 1.165) is 0 Å². The first kappa shape index (κ1) is 213. The van der Waals surface area contributed by atoms with E-state index in [0.29, 0.717) is 0 Å². The van der Waals surface area contributed by atoms with E-state index < -0.39 is 0 Å². The first-order valence-electron chi connectivity index (χ1n) is 15.4. The van der Waals surface area contributed by atoms with Crippen LogP contribution in [0.25, 0.3) is 0 Å². The van der Waals surface area contributed by atoms with Crippen molar-refractivity contribution in [2.24, 2.45) is 0 Å². The maximum absolute atomic E-state index is 7.57. The molecule has 41 N–H and O–H groups in total. The van der Waals surface area contributed by atoms with Gasteiger partial charge in [-0.15, -0.1) is 0 Å². The minimum Gasteiger partial charge on any atom is -0.412 e. The summed E-state index contributed by atoms with van der Waals surface area (Å²) in [5.41, 5.74) is 0. The Hall–Kier alpha value is -1.12. The second-order valence-corrected chi connectivity index (χ2v) is 4.74. The highest BCUT2D eigenvalue weighted by molar-refractivity contribution is 3.87. The van der Waals surface area contributed by atoms with Crippen molar-refractivity contribution in [3.05, 3.63) is 0 Å². The molecule has 0 bridgehead atoms. The van der Waals surface area contributed by atoms with Crippen LogP contribution in [0, 0.1) is 0 Å². The predicted octanol–water partition coefficient (Wildman–Crippen LogP) is -10.7. The Balaban J connectivity index is -0.00000000629. The number of aliphatic hydroxyl groups excluding tert-OH is 15. The number of rotatable bonds is 0. The molecular formula is C30H116O28. The van der Waals surface area contributed by atoms with Crippen LogP contribution in [-0.2, 0) is 0 Å². The molecule has 0 aromatic carbocycles. The molecule has 0 saturated carbocycles. The first-order chi connectivity index (χ1) is 21.2. The second-order valence-electron chi connectivity index (χ2n) is 4.74. The summed E-state index contributed by atoms with van der Waals surface area (Å²) in [5.74, 6) is 0. The van der Waals surface area contributed by atoms with Gasteiger partial charge in [0, 0.05) is 99.1 Å². The molecule has 0 heterocycles. The molecule has 0 saturated heterocycles. The largest absolute Gasteiger partial charge is 0.412 e. The van der Waals surface area contributed by atoms with Gasteiger partial charge in [-0.3, -0.25) is 0 Å². The molecule has 0 aliphatic carbocycles. The van der Waals surface area contributed by atoms with Crippen LogP contribution in [0.15, 0.2) is 0 Å². The molecule has 0 aliphatic rings. The van der Waals surface area contributed by atoms with Gasteiger partial charge in [0.1, 0.15) is 0 Å². The van der Waals surface area contributed by atoms with E-state index in [9.17, 15) is 0 Å². The van der Waals surface area contributed by atoms with E-state index in [1.165, 1.54) is 0 Å². The average Bonchev–Trinajstić information content (AvgIpc) is 2.91. The molecule has 404 valence electrons. The Bertz CT molecular complexity index is 117. The standard InChI is InChI=1S/15C2H6O.13H2O/c15*1-2-3;;;;;;;;;;;;;/h15*3H,2H2,1H3;13*1H2. The highest BCUT2D eigenvalue weighted by atomic mass is 16.3. The van der Waals surface area contributed by atoms with Crippen molar-refractivity contribution in [1.29, 1.82) is 0 Å². The summed E-state index contributed by atoms with van der Waals surface area (Å²) in [6, 6.07) is 0. The molecule has 0 unspecified atom stereocenters. The first-order valence-corrected chi connectivity index (χ1v) is 15.4. The highest BCUT2D eigenvalue weighted by Crippen LogP contribution is 1.34. The Labute approximate surface area is 351 Å². The molecule has 0 aromatic heterocycles. The van der Waals surface area contributed by atoms with E-state index in [-0.39, 0.29) is 170 Å². The molecule has 0 rings (SSSR count). The van der Waals surface area contributed by atoms with Crippen molar-refractivity contribution >= 4 is 0 Å². The van der Waals surface area contributed by atoms with Gasteiger partial charge in [0.15, 0.2) is 0 Å². The van der Waals surface area contributed by atoms with Crippen LogP contribution in [0.4, 0.5) is 0 Å². The van der Waals surface area contributed by atoms with E-state index in [1.807, 2.05) is 0 Å². The summed E-state index contributed by atoms with van der Waals surface area (Å²) < 4.78 is 0. The van der Waals surface area contributed by atoms with Crippen molar-refractivity contribution in [3.8, 4) is 0 Å². The maximum Gasteiger partial charge on any atom is 0.0402 e. The van der Waals surface area contributed by atoms with Gasteiger partial charge in [-0.1, -0.05) is 0 Å². The molecule has 0 fully saturated rings.